The first kappa shape index (κ1) is 17.6. The summed E-state index contributed by atoms with van der Waals surface area (Å²) >= 11 is 0. The fourth-order valence-electron chi connectivity index (χ4n) is 4.05. The number of hydrogen-bond acceptors (Lipinski definition) is 3. The molecule has 0 spiro atoms. The van der Waals surface area contributed by atoms with Gasteiger partial charge in [-0.05, 0) is 50.3 Å². The number of aromatic nitrogens is 2. The third kappa shape index (κ3) is 3.29. The minimum Gasteiger partial charge on any atom is -0.456 e. The zero-order valence-corrected chi connectivity index (χ0v) is 16.2. The molecule has 1 amide bonds. The number of furan rings is 1. The number of carbonyl (C=O) groups is 1. The Labute approximate surface area is 159 Å². The molecule has 1 unspecified atom stereocenters. The van der Waals surface area contributed by atoms with Crippen LogP contribution >= 0.6 is 0 Å². The molecule has 0 radical (unpaired) electrons. The van der Waals surface area contributed by atoms with Crippen LogP contribution in [0.25, 0.3) is 5.69 Å². The zero-order chi connectivity index (χ0) is 19.2. The SMILES string of the molecule is Cc1cc(C)c(C(=O)NC2CC(C)(C)Cc3c2cnn3-c2ccccc2)o1. The third-order valence-electron chi connectivity index (χ3n) is 5.23. The molecule has 1 aliphatic carbocycles. The second kappa shape index (κ2) is 6.41. The van der Waals surface area contributed by atoms with Gasteiger partial charge in [-0.25, -0.2) is 4.68 Å². The Morgan fingerprint density at radius 3 is 2.67 bits per heavy atom. The molecule has 140 valence electrons. The molecule has 27 heavy (non-hydrogen) atoms. The Kier molecular flexibility index (Phi) is 4.17. The highest BCUT2D eigenvalue weighted by Gasteiger charge is 2.36. The summed E-state index contributed by atoms with van der Waals surface area (Å²) in [6.07, 6.45) is 3.68. The molecule has 0 aliphatic heterocycles. The van der Waals surface area contributed by atoms with Crippen molar-refractivity contribution in [3.8, 4) is 5.69 Å². The van der Waals surface area contributed by atoms with Crippen molar-refractivity contribution in [1.82, 2.24) is 15.1 Å². The molecule has 3 aromatic rings. The summed E-state index contributed by atoms with van der Waals surface area (Å²) in [5, 5.41) is 7.81. The molecule has 0 fully saturated rings. The van der Waals surface area contributed by atoms with E-state index in [1.54, 1.807) is 0 Å². The quantitative estimate of drug-likeness (QED) is 0.744. The molecule has 1 N–H and O–H groups in total. The van der Waals surface area contributed by atoms with Gasteiger partial charge in [-0.3, -0.25) is 4.79 Å². The van der Waals surface area contributed by atoms with Gasteiger partial charge in [0.05, 0.1) is 23.6 Å². The molecule has 0 saturated carbocycles. The molecule has 2 heterocycles. The predicted octanol–water partition coefficient (Wildman–Crippen LogP) is 4.53. The summed E-state index contributed by atoms with van der Waals surface area (Å²) < 4.78 is 7.60. The molecule has 4 rings (SSSR count). The average molecular weight is 363 g/mol. The van der Waals surface area contributed by atoms with Crippen molar-refractivity contribution in [2.45, 2.75) is 46.6 Å². The van der Waals surface area contributed by atoms with Crippen LogP contribution in [0.5, 0.6) is 0 Å². The van der Waals surface area contributed by atoms with E-state index in [1.165, 1.54) is 0 Å². The topological polar surface area (TPSA) is 60.1 Å². The van der Waals surface area contributed by atoms with Crippen LogP contribution in [0.3, 0.4) is 0 Å². The van der Waals surface area contributed by atoms with E-state index in [-0.39, 0.29) is 17.4 Å². The Morgan fingerprint density at radius 1 is 1.26 bits per heavy atom. The summed E-state index contributed by atoms with van der Waals surface area (Å²) in [5.41, 5.74) is 4.22. The molecule has 5 nitrogen and oxygen atoms in total. The summed E-state index contributed by atoms with van der Waals surface area (Å²) in [5.74, 6) is 0.980. The van der Waals surface area contributed by atoms with Gasteiger partial charge in [0, 0.05) is 11.1 Å². The van der Waals surface area contributed by atoms with Crippen molar-refractivity contribution in [2.75, 3.05) is 0 Å². The summed E-state index contributed by atoms with van der Waals surface area (Å²) in [7, 11) is 0. The van der Waals surface area contributed by atoms with Gasteiger partial charge in [0.1, 0.15) is 5.76 Å². The highest BCUT2D eigenvalue weighted by atomic mass is 16.3. The van der Waals surface area contributed by atoms with Gasteiger partial charge in [-0.1, -0.05) is 32.0 Å². The maximum Gasteiger partial charge on any atom is 0.287 e. The van der Waals surface area contributed by atoms with Crippen molar-refractivity contribution in [2.24, 2.45) is 5.41 Å². The molecule has 1 atom stereocenters. The fourth-order valence-corrected chi connectivity index (χ4v) is 4.05. The van der Waals surface area contributed by atoms with Crippen molar-refractivity contribution >= 4 is 5.91 Å². The van der Waals surface area contributed by atoms with E-state index >= 15 is 0 Å². The van der Waals surface area contributed by atoms with Crippen LogP contribution in [-0.2, 0) is 6.42 Å². The van der Waals surface area contributed by atoms with E-state index in [4.69, 9.17) is 4.42 Å². The Balaban J connectivity index is 1.69. The lowest BCUT2D eigenvalue weighted by Gasteiger charge is -2.35. The smallest absolute Gasteiger partial charge is 0.287 e. The fraction of sp³-hybridized carbons (Fsp3) is 0.364. The normalized spacial score (nSPS) is 18.1. The minimum absolute atomic E-state index is 0.0611. The van der Waals surface area contributed by atoms with Crippen molar-refractivity contribution in [1.29, 1.82) is 0 Å². The number of amides is 1. The van der Waals surface area contributed by atoms with Crippen molar-refractivity contribution in [3.05, 3.63) is 70.9 Å². The minimum atomic E-state index is -0.165. The highest BCUT2D eigenvalue weighted by Crippen LogP contribution is 2.41. The van der Waals surface area contributed by atoms with Gasteiger partial charge in [0.2, 0.25) is 0 Å². The molecule has 0 bridgehead atoms. The molecular weight excluding hydrogens is 338 g/mol. The monoisotopic (exact) mass is 363 g/mol. The zero-order valence-electron chi connectivity index (χ0n) is 16.2. The van der Waals surface area contributed by atoms with Crippen LogP contribution in [0.1, 0.15) is 59.4 Å². The number of rotatable bonds is 3. The van der Waals surface area contributed by atoms with Crippen molar-refractivity contribution < 1.29 is 9.21 Å². The lowest BCUT2D eigenvalue weighted by atomic mass is 9.74. The standard InChI is InChI=1S/C22H25N3O2/c1-14-10-15(2)27-20(14)21(26)24-18-11-22(3,4)12-19-17(18)13-23-25(19)16-8-6-5-7-9-16/h5-10,13,18H,11-12H2,1-4H3,(H,24,26). The number of carbonyl (C=O) groups excluding carboxylic acids is 1. The molecule has 0 saturated heterocycles. The van der Waals surface area contributed by atoms with Crippen molar-refractivity contribution in [3.63, 3.8) is 0 Å². The Morgan fingerprint density at radius 2 is 2.00 bits per heavy atom. The average Bonchev–Trinajstić information content (AvgIpc) is 3.17. The first-order valence-corrected chi connectivity index (χ1v) is 9.34. The first-order chi connectivity index (χ1) is 12.8. The second-order valence-electron chi connectivity index (χ2n) is 8.23. The molecule has 1 aliphatic rings. The summed E-state index contributed by atoms with van der Waals surface area (Å²) in [6, 6.07) is 11.9. The van der Waals surface area contributed by atoms with E-state index in [1.807, 2.05) is 49.0 Å². The predicted molar refractivity (Wildman–Crippen MR) is 104 cm³/mol. The van der Waals surface area contributed by atoms with Gasteiger partial charge in [0.25, 0.3) is 5.91 Å². The number of nitrogens with one attached hydrogen (secondary N) is 1. The lowest BCUT2D eigenvalue weighted by molar-refractivity contribution is 0.0889. The van der Waals surface area contributed by atoms with Gasteiger partial charge in [-0.15, -0.1) is 0 Å². The van der Waals surface area contributed by atoms with E-state index in [2.05, 4.69) is 36.4 Å². The molecule has 5 heteroatoms. The van der Waals surface area contributed by atoms with Crippen LogP contribution in [-0.4, -0.2) is 15.7 Å². The van der Waals surface area contributed by atoms with Crippen LogP contribution < -0.4 is 5.32 Å². The number of hydrogen-bond donors (Lipinski definition) is 1. The van der Waals surface area contributed by atoms with E-state index in [9.17, 15) is 4.79 Å². The number of fused-ring (bicyclic) bond motifs is 1. The Bertz CT molecular complexity index is 982. The van der Waals surface area contributed by atoms with Crippen LogP contribution in [0.15, 0.2) is 47.0 Å². The number of para-hydroxylation sites is 1. The highest BCUT2D eigenvalue weighted by molar-refractivity contribution is 5.93. The second-order valence-corrected chi connectivity index (χ2v) is 8.23. The van der Waals surface area contributed by atoms with E-state index < -0.39 is 0 Å². The lowest BCUT2D eigenvalue weighted by Crippen LogP contribution is -2.36. The number of benzene rings is 1. The third-order valence-corrected chi connectivity index (χ3v) is 5.23. The van der Waals surface area contributed by atoms with Gasteiger partial charge < -0.3 is 9.73 Å². The maximum absolute atomic E-state index is 12.8. The largest absolute Gasteiger partial charge is 0.456 e. The number of nitrogens with zero attached hydrogens (tertiary/aromatic N) is 2. The van der Waals surface area contributed by atoms with E-state index in [0.29, 0.717) is 5.76 Å². The van der Waals surface area contributed by atoms with Crippen LogP contribution in [0, 0.1) is 19.3 Å². The molecule has 1 aromatic carbocycles. The van der Waals surface area contributed by atoms with Gasteiger partial charge in [-0.2, -0.15) is 5.10 Å². The summed E-state index contributed by atoms with van der Waals surface area (Å²) in [6.45, 7) is 8.23. The molecule has 2 aromatic heterocycles. The molecular formula is C22H25N3O2. The van der Waals surface area contributed by atoms with Crippen LogP contribution in [0.4, 0.5) is 0 Å². The van der Waals surface area contributed by atoms with Crippen LogP contribution in [0.2, 0.25) is 0 Å². The Hall–Kier alpha value is -2.82. The van der Waals surface area contributed by atoms with Gasteiger partial charge in [0.15, 0.2) is 5.76 Å². The maximum atomic E-state index is 12.8. The van der Waals surface area contributed by atoms with E-state index in [0.717, 1.165) is 41.1 Å². The van der Waals surface area contributed by atoms with Gasteiger partial charge >= 0.3 is 0 Å². The number of aryl methyl sites for hydroxylation is 2. The first-order valence-electron chi connectivity index (χ1n) is 9.34. The summed E-state index contributed by atoms with van der Waals surface area (Å²) in [4.78, 5) is 12.8.